The van der Waals surface area contributed by atoms with Gasteiger partial charge in [0.1, 0.15) is 0 Å². The molecule has 0 nitrogen and oxygen atoms in total. The third-order valence-electron chi connectivity index (χ3n) is 4.66. The summed E-state index contributed by atoms with van der Waals surface area (Å²) in [4.78, 5) is 0. The van der Waals surface area contributed by atoms with Gasteiger partial charge in [-0.3, -0.25) is 0 Å². The molecule has 0 unspecified atom stereocenters. The number of hydrogen-bond acceptors (Lipinski definition) is 0. The van der Waals surface area contributed by atoms with E-state index in [-0.39, 0.29) is 12.8 Å². The van der Waals surface area contributed by atoms with E-state index >= 15 is 0 Å². The SMILES string of the molecule is C.CC1(C)c2ccccc2-c2cccc(-c3ccccc3)c21. The van der Waals surface area contributed by atoms with E-state index in [1.54, 1.807) is 0 Å². The van der Waals surface area contributed by atoms with E-state index in [0.29, 0.717) is 0 Å². The second-order valence-corrected chi connectivity index (χ2v) is 6.26. The number of rotatable bonds is 1. The molecule has 110 valence electrons. The van der Waals surface area contributed by atoms with E-state index in [0.717, 1.165) is 0 Å². The predicted octanol–water partition coefficient (Wildman–Crippen LogP) is 6.30. The van der Waals surface area contributed by atoms with Crippen LogP contribution in [0.15, 0.2) is 72.8 Å². The zero-order chi connectivity index (χ0) is 14.4. The Morgan fingerprint density at radius 1 is 0.591 bits per heavy atom. The molecule has 0 heterocycles. The zero-order valence-electron chi connectivity index (χ0n) is 12.4. The van der Waals surface area contributed by atoms with Crippen molar-refractivity contribution in [1.29, 1.82) is 0 Å². The normalized spacial score (nSPS) is 13.9. The van der Waals surface area contributed by atoms with Gasteiger partial charge in [0.25, 0.3) is 0 Å². The molecule has 0 radical (unpaired) electrons. The van der Waals surface area contributed by atoms with Gasteiger partial charge in [-0.2, -0.15) is 0 Å². The molecule has 4 rings (SSSR count). The van der Waals surface area contributed by atoms with Crippen molar-refractivity contribution in [3.05, 3.63) is 83.9 Å². The van der Waals surface area contributed by atoms with E-state index in [1.165, 1.54) is 33.4 Å². The van der Waals surface area contributed by atoms with Gasteiger partial charge in [-0.1, -0.05) is 94.1 Å². The van der Waals surface area contributed by atoms with Gasteiger partial charge in [0, 0.05) is 5.41 Å². The van der Waals surface area contributed by atoms with Crippen LogP contribution in [0.4, 0.5) is 0 Å². The van der Waals surface area contributed by atoms with Crippen molar-refractivity contribution in [2.24, 2.45) is 0 Å². The van der Waals surface area contributed by atoms with Gasteiger partial charge in [-0.25, -0.2) is 0 Å². The Morgan fingerprint density at radius 3 is 1.95 bits per heavy atom. The summed E-state index contributed by atoms with van der Waals surface area (Å²) in [6.45, 7) is 4.67. The molecule has 0 spiro atoms. The predicted molar refractivity (Wildman–Crippen MR) is 96.2 cm³/mol. The van der Waals surface area contributed by atoms with E-state index in [1.807, 2.05) is 0 Å². The van der Waals surface area contributed by atoms with Gasteiger partial charge in [0.05, 0.1) is 0 Å². The first-order chi connectivity index (χ1) is 10.2. The zero-order valence-corrected chi connectivity index (χ0v) is 12.4. The van der Waals surface area contributed by atoms with Crippen LogP contribution in [0.2, 0.25) is 0 Å². The summed E-state index contributed by atoms with van der Waals surface area (Å²) in [5.74, 6) is 0. The first kappa shape index (κ1) is 14.6. The Bertz CT molecular complexity index is 810. The van der Waals surface area contributed by atoms with E-state index in [2.05, 4.69) is 86.6 Å². The fraction of sp³-hybridized carbons (Fsp3) is 0.182. The summed E-state index contributed by atoms with van der Waals surface area (Å²) in [5, 5.41) is 0. The van der Waals surface area contributed by atoms with Gasteiger partial charge < -0.3 is 0 Å². The molecule has 0 N–H and O–H groups in total. The Kier molecular flexibility index (Phi) is 3.41. The lowest BCUT2D eigenvalue weighted by atomic mass is 9.79. The minimum atomic E-state index is 0. The van der Waals surface area contributed by atoms with Crippen LogP contribution in [-0.4, -0.2) is 0 Å². The van der Waals surface area contributed by atoms with Crippen LogP contribution in [0.25, 0.3) is 22.3 Å². The van der Waals surface area contributed by atoms with Crippen molar-refractivity contribution in [2.45, 2.75) is 26.7 Å². The van der Waals surface area contributed by atoms with Crippen LogP contribution in [0.3, 0.4) is 0 Å². The molecule has 0 amide bonds. The average Bonchev–Trinajstić information content (AvgIpc) is 2.77. The highest BCUT2D eigenvalue weighted by Crippen LogP contribution is 2.51. The van der Waals surface area contributed by atoms with Crippen molar-refractivity contribution in [3.63, 3.8) is 0 Å². The molecule has 0 aromatic heterocycles. The van der Waals surface area contributed by atoms with Crippen molar-refractivity contribution < 1.29 is 0 Å². The summed E-state index contributed by atoms with van der Waals surface area (Å²) in [5.41, 5.74) is 8.37. The molecule has 0 saturated heterocycles. The first-order valence-electron chi connectivity index (χ1n) is 7.48. The quantitative estimate of drug-likeness (QED) is 0.492. The van der Waals surface area contributed by atoms with Crippen molar-refractivity contribution in [1.82, 2.24) is 0 Å². The molecule has 0 heteroatoms. The Balaban J connectivity index is 0.00000144. The van der Waals surface area contributed by atoms with Crippen LogP contribution in [0, 0.1) is 0 Å². The molecular formula is C22H22. The van der Waals surface area contributed by atoms with Crippen LogP contribution in [0.1, 0.15) is 32.4 Å². The number of fused-ring (bicyclic) bond motifs is 3. The standard InChI is InChI=1S/C21H18.CH4/c1-21(2)19-14-7-6-11-17(19)18-13-8-12-16(20(18)21)15-9-4-3-5-10-15;/h3-14H,1-2H3;1H4. The maximum atomic E-state index is 2.34. The topological polar surface area (TPSA) is 0 Å². The molecular weight excluding hydrogens is 264 g/mol. The third-order valence-corrected chi connectivity index (χ3v) is 4.66. The monoisotopic (exact) mass is 286 g/mol. The maximum Gasteiger partial charge on any atom is 0.0165 e. The molecule has 0 aliphatic heterocycles. The van der Waals surface area contributed by atoms with Gasteiger partial charge in [-0.05, 0) is 33.4 Å². The van der Waals surface area contributed by atoms with Gasteiger partial charge >= 0.3 is 0 Å². The summed E-state index contributed by atoms with van der Waals surface area (Å²) in [6, 6.07) is 26.2. The van der Waals surface area contributed by atoms with Crippen molar-refractivity contribution >= 4 is 0 Å². The van der Waals surface area contributed by atoms with E-state index < -0.39 is 0 Å². The lowest BCUT2D eigenvalue weighted by Gasteiger charge is -2.24. The molecule has 3 aromatic rings. The largest absolute Gasteiger partial charge is 0.0776 e. The highest BCUT2D eigenvalue weighted by Gasteiger charge is 2.36. The highest BCUT2D eigenvalue weighted by molar-refractivity contribution is 5.87. The van der Waals surface area contributed by atoms with Crippen molar-refractivity contribution in [3.8, 4) is 22.3 Å². The summed E-state index contributed by atoms with van der Waals surface area (Å²) < 4.78 is 0. The Morgan fingerprint density at radius 2 is 1.18 bits per heavy atom. The number of hydrogen-bond donors (Lipinski definition) is 0. The lowest BCUT2D eigenvalue weighted by Crippen LogP contribution is -2.16. The second kappa shape index (κ2) is 5.14. The van der Waals surface area contributed by atoms with Crippen LogP contribution < -0.4 is 0 Å². The molecule has 3 aromatic carbocycles. The average molecular weight is 286 g/mol. The fourth-order valence-corrected chi connectivity index (χ4v) is 3.71. The molecule has 0 saturated carbocycles. The molecule has 0 fully saturated rings. The minimum Gasteiger partial charge on any atom is -0.0776 e. The van der Waals surface area contributed by atoms with Gasteiger partial charge in [0.2, 0.25) is 0 Å². The lowest BCUT2D eigenvalue weighted by molar-refractivity contribution is 0.662. The molecule has 22 heavy (non-hydrogen) atoms. The Labute approximate surface area is 133 Å². The summed E-state index contributed by atoms with van der Waals surface area (Å²) >= 11 is 0. The first-order valence-corrected chi connectivity index (χ1v) is 7.48. The smallest absolute Gasteiger partial charge is 0.0165 e. The molecule has 0 bridgehead atoms. The van der Waals surface area contributed by atoms with Gasteiger partial charge in [0.15, 0.2) is 0 Å². The van der Waals surface area contributed by atoms with Crippen molar-refractivity contribution in [2.75, 3.05) is 0 Å². The van der Waals surface area contributed by atoms with Gasteiger partial charge in [-0.15, -0.1) is 0 Å². The third kappa shape index (κ3) is 1.91. The van der Waals surface area contributed by atoms with Crippen LogP contribution in [0.5, 0.6) is 0 Å². The van der Waals surface area contributed by atoms with Crippen LogP contribution in [-0.2, 0) is 5.41 Å². The molecule has 1 aliphatic rings. The fourth-order valence-electron chi connectivity index (χ4n) is 3.71. The van der Waals surface area contributed by atoms with E-state index in [9.17, 15) is 0 Å². The number of benzene rings is 3. The highest BCUT2D eigenvalue weighted by atomic mass is 14.4. The molecule has 0 atom stereocenters. The van der Waals surface area contributed by atoms with Crippen LogP contribution >= 0.6 is 0 Å². The minimum absolute atomic E-state index is 0. The maximum absolute atomic E-state index is 2.34. The molecule has 1 aliphatic carbocycles. The van der Waals surface area contributed by atoms with E-state index in [4.69, 9.17) is 0 Å². The Hall–Kier alpha value is -2.34. The second-order valence-electron chi connectivity index (χ2n) is 6.26. The summed E-state index contributed by atoms with van der Waals surface area (Å²) in [6.07, 6.45) is 0. The summed E-state index contributed by atoms with van der Waals surface area (Å²) in [7, 11) is 0.